The van der Waals surface area contributed by atoms with Crippen LogP contribution in [0.4, 0.5) is 5.00 Å². The van der Waals surface area contributed by atoms with Crippen molar-refractivity contribution in [2.45, 2.75) is 45.4 Å². The summed E-state index contributed by atoms with van der Waals surface area (Å²) in [5.74, 6) is 2.30. The van der Waals surface area contributed by atoms with Gasteiger partial charge in [0.2, 0.25) is 17.6 Å². The largest absolute Gasteiger partial charge is 0.497 e. The second-order valence-electron chi connectivity index (χ2n) is 7.81. The number of thiophene rings is 1. The fourth-order valence-electron chi connectivity index (χ4n) is 3.76. The molecule has 1 atom stereocenters. The van der Waals surface area contributed by atoms with Crippen molar-refractivity contribution in [3.63, 3.8) is 0 Å². The van der Waals surface area contributed by atoms with Crippen molar-refractivity contribution < 1.29 is 14.1 Å². The molecular formula is C23H24N4O3S. The molecule has 1 amide bonds. The summed E-state index contributed by atoms with van der Waals surface area (Å²) in [5.41, 5.74) is 2.60. The minimum absolute atomic E-state index is 0.0990. The Morgan fingerprint density at radius 3 is 2.94 bits per heavy atom. The summed E-state index contributed by atoms with van der Waals surface area (Å²) in [6, 6.07) is 9.71. The second-order valence-corrected chi connectivity index (χ2v) is 8.91. The van der Waals surface area contributed by atoms with E-state index in [0.29, 0.717) is 47.5 Å². The summed E-state index contributed by atoms with van der Waals surface area (Å²) in [7, 11) is 1.62. The number of nitrogens with one attached hydrogen (secondary N) is 1. The topological polar surface area (TPSA) is 101 Å². The molecule has 0 unspecified atom stereocenters. The molecule has 31 heavy (non-hydrogen) atoms. The van der Waals surface area contributed by atoms with Gasteiger partial charge in [-0.3, -0.25) is 4.79 Å². The van der Waals surface area contributed by atoms with Gasteiger partial charge in [0.1, 0.15) is 16.8 Å². The molecule has 1 aliphatic carbocycles. The van der Waals surface area contributed by atoms with Gasteiger partial charge in [-0.05, 0) is 61.4 Å². The SMILES string of the molecule is COc1ccc(-c2noc(CCCC(=O)Nc3sc4c(c3C#N)CC[C@@H](C)C4)n2)cc1. The van der Waals surface area contributed by atoms with Crippen LogP contribution in [-0.2, 0) is 24.1 Å². The standard InChI is InChI=1S/C23H24N4O3S/c1-14-6-11-17-18(13-24)23(31-19(17)12-14)25-20(28)4-3-5-21-26-22(27-30-21)15-7-9-16(29-2)10-8-15/h7-10,14H,3-6,11-12H2,1-2H3,(H,25,28)/t14-/m1/s1. The predicted molar refractivity (Wildman–Crippen MR) is 118 cm³/mol. The number of benzene rings is 1. The van der Waals surface area contributed by atoms with Gasteiger partial charge in [-0.25, -0.2) is 0 Å². The number of aromatic nitrogens is 2. The van der Waals surface area contributed by atoms with Crippen molar-refractivity contribution >= 4 is 22.2 Å². The van der Waals surface area contributed by atoms with Crippen LogP contribution in [0.25, 0.3) is 11.4 Å². The Hall–Kier alpha value is -3.18. The predicted octanol–water partition coefficient (Wildman–Crippen LogP) is 4.76. The van der Waals surface area contributed by atoms with Crippen molar-refractivity contribution in [2.24, 2.45) is 5.92 Å². The molecule has 8 heteroatoms. The van der Waals surface area contributed by atoms with Crippen LogP contribution in [0, 0.1) is 17.2 Å². The van der Waals surface area contributed by atoms with E-state index in [4.69, 9.17) is 9.26 Å². The van der Waals surface area contributed by atoms with Crippen molar-refractivity contribution in [3.8, 4) is 23.2 Å². The Balaban J connectivity index is 1.31. The van der Waals surface area contributed by atoms with E-state index in [1.165, 1.54) is 4.88 Å². The molecule has 1 aromatic carbocycles. The normalized spacial score (nSPS) is 15.2. The lowest BCUT2D eigenvalue weighted by Gasteiger charge is -2.17. The minimum atomic E-state index is -0.0990. The van der Waals surface area contributed by atoms with Gasteiger partial charge in [-0.15, -0.1) is 11.3 Å². The third-order valence-corrected chi connectivity index (χ3v) is 6.66. The minimum Gasteiger partial charge on any atom is -0.497 e. The molecular weight excluding hydrogens is 412 g/mol. The molecule has 0 fully saturated rings. The van der Waals surface area contributed by atoms with Crippen LogP contribution in [0.5, 0.6) is 5.75 Å². The Labute approximate surface area is 185 Å². The van der Waals surface area contributed by atoms with E-state index in [2.05, 4.69) is 28.5 Å². The highest BCUT2D eigenvalue weighted by Crippen LogP contribution is 2.39. The Kier molecular flexibility index (Phi) is 6.33. The summed E-state index contributed by atoms with van der Waals surface area (Å²) in [5, 5.41) is 17.2. The molecule has 1 N–H and O–H groups in total. The van der Waals surface area contributed by atoms with Crippen LogP contribution in [-0.4, -0.2) is 23.2 Å². The van der Waals surface area contributed by atoms with Gasteiger partial charge in [0.05, 0.1) is 12.7 Å². The van der Waals surface area contributed by atoms with Gasteiger partial charge >= 0.3 is 0 Å². The molecule has 7 nitrogen and oxygen atoms in total. The molecule has 2 aromatic heterocycles. The average Bonchev–Trinajstić information content (AvgIpc) is 3.37. The quantitative estimate of drug-likeness (QED) is 0.573. The lowest BCUT2D eigenvalue weighted by molar-refractivity contribution is -0.116. The summed E-state index contributed by atoms with van der Waals surface area (Å²) in [6.45, 7) is 2.23. The number of ether oxygens (including phenoxy) is 1. The fourth-order valence-corrected chi connectivity index (χ4v) is 5.14. The number of nitriles is 1. The summed E-state index contributed by atoms with van der Waals surface area (Å²) < 4.78 is 10.5. The molecule has 0 bridgehead atoms. The first-order valence-corrected chi connectivity index (χ1v) is 11.2. The number of hydrogen-bond donors (Lipinski definition) is 1. The van der Waals surface area contributed by atoms with Crippen LogP contribution in [0.1, 0.15) is 48.1 Å². The first-order valence-electron chi connectivity index (χ1n) is 10.4. The number of nitrogens with zero attached hydrogens (tertiary/aromatic N) is 3. The van der Waals surface area contributed by atoms with Gasteiger partial charge in [0.15, 0.2) is 0 Å². The van der Waals surface area contributed by atoms with Crippen LogP contribution in [0.15, 0.2) is 28.8 Å². The third-order valence-electron chi connectivity index (χ3n) is 5.49. The first kappa shape index (κ1) is 21.1. The maximum absolute atomic E-state index is 12.4. The molecule has 0 radical (unpaired) electrons. The van der Waals surface area contributed by atoms with Crippen LogP contribution >= 0.6 is 11.3 Å². The average molecular weight is 437 g/mol. The number of fused-ring (bicyclic) bond motifs is 1. The maximum atomic E-state index is 12.4. The maximum Gasteiger partial charge on any atom is 0.226 e. The van der Waals surface area contributed by atoms with Crippen LogP contribution in [0.2, 0.25) is 0 Å². The number of carbonyl (C=O) groups is 1. The molecule has 0 saturated carbocycles. The Morgan fingerprint density at radius 1 is 1.39 bits per heavy atom. The molecule has 3 aromatic rings. The highest BCUT2D eigenvalue weighted by molar-refractivity contribution is 7.16. The number of carbonyl (C=O) groups excluding carboxylic acids is 1. The van der Waals surface area contributed by atoms with E-state index >= 15 is 0 Å². The summed E-state index contributed by atoms with van der Waals surface area (Å²) >= 11 is 1.55. The van der Waals surface area contributed by atoms with Gasteiger partial charge in [-0.2, -0.15) is 10.2 Å². The van der Waals surface area contributed by atoms with E-state index in [1.54, 1.807) is 18.4 Å². The van der Waals surface area contributed by atoms with Crippen LogP contribution < -0.4 is 10.1 Å². The zero-order valence-corrected chi connectivity index (χ0v) is 18.4. The van der Waals surface area contributed by atoms with E-state index in [0.717, 1.165) is 36.1 Å². The van der Waals surface area contributed by atoms with Gasteiger partial charge in [0, 0.05) is 23.3 Å². The molecule has 2 heterocycles. The summed E-state index contributed by atoms with van der Waals surface area (Å²) in [6.07, 6.45) is 4.41. The van der Waals surface area contributed by atoms with E-state index in [-0.39, 0.29) is 5.91 Å². The molecule has 0 aliphatic heterocycles. The van der Waals surface area contributed by atoms with Gasteiger partial charge < -0.3 is 14.6 Å². The smallest absolute Gasteiger partial charge is 0.226 e. The Bertz CT molecular complexity index is 1110. The lowest BCUT2D eigenvalue weighted by atomic mass is 9.88. The fraction of sp³-hybridized carbons (Fsp3) is 0.391. The molecule has 160 valence electrons. The molecule has 0 saturated heterocycles. The van der Waals surface area contributed by atoms with Crippen LogP contribution in [0.3, 0.4) is 0 Å². The number of rotatable bonds is 7. The van der Waals surface area contributed by atoms with Crippen molar-refractivity contribution in [1.29, 1.82) is 5.26 Å². The Morgan fingerprint density at radius 2 is 2.19 bits per heavy atom. The molecule has 0 spiro atoms. The van der Waals surface area contributed by atoms with Crippen molar-refractivity contribution in [2.75, 3.05) is 12.4 Å². The monoisotopic (exact) mass is 436 g/mol. The molecule has 4 rings (SSSR count). The second kappa shape index (κ2) is 9.31. The number of amides is 1. The zero-order valence-electron chi connectivity index (χ0n) is 17.6. The van der Waals surface area contributed by atoms with E-state index in [9.17, 15) is 10.1 Å². The zero-order chi connectivity index (χ0) is 21.8. The van der Waals surface area contributed by atoms with E-state index < -0.39 is 0 Å². The molecule has 1 aliphatic rings. The number of aryl methyl sites for hydroxylation is 1. The number of methoxy groups -OCH3 is 1. The highest BCUT2D eigenvalue weighted by Gasteiger charge is 2.24. The number of hydrogen-bond acceptors (Lipinski definition) is 7. The lowest BCUT2D eigenvalue weighted by Crippen LogP contribution is -2.12. The van der Waals surface area contributed by atoms with E-state index in [1.807, 2.05) is 24.3 Å². The third kappa shape index (κ3) is 4.78. The van der Waals surface area contributed by atoms with Crippen molar-refractivity contribution in [3.05, 3.63) is 46.2 Å². The van der Waals surface area contributed by atoms with Crippen molar-refractivity contribution in [1.82, 2.24) is 10.1 Å². The highest BCUT2D eigenvalue weighted by atomic mass is 32.1. The van der Waals surface area contributed by atoms with Gasteiger partial charge in [-0.1, -0.05) is 12.1 Å². The summed E-state index contributed by atoms with van der Waals surface area (Å²) in [4.78, 5) is 18.1. The number of anilines is 1. The first-order chi connectivity index (χ1) is 15.1. The van der Waals surface area contributed by atoms with Gasteiger partial charge in [0.25, 0.3) is 0 Å².